The monoisotopic (exact) mass is 443 g/mol. The van der Waals surface area contributed by atoms with E-state index >= 15 is 0 Å². The molecule has 0 bridgehead atoms. The molecule has 2 heterocycles. The number of nitrogens with zero attached hydrogens (tertiary/aromatic N) is 3. The van der Waals surface area contributed by atoms with Gasteiger partial charge in [0.15, 0.2) is 0 Å². The molecule has 0 aliphatic rings. The Kier molecular flexibility index (Phi) is 4.94. The van der Waals surface area contributed by atoms with Gasteiger partial charge in [-0.1, -0.05) is 58.4 Å². The number of fused-ring (bicyclic) bond motifs is 1. The summed E-state index contributed by atoms with van der Waals surface area (Å²) in [6, 6.07) is 18.6. The first-order valence-corrected chi connectivity index (χ1v) is 10.1. The Balaban J connectivity index is 1.82. The van der Waals surface area contributed by atoms with E-state index in [-0.39, 0.29) is 5.28 Å². The van der Waals surface area contributed by atoms with Crippen molar-refractivity contribution < 1.29 is 0 Å². The zero-order valence-electron chi connectivity index (χ0n) is 14.0. The van der Waals surface area contributed by atoms with E-state index in [9.17, 15) is 0 Å². The number of halogens is 2. The summed E-state index contributed by atoms with van der Waals surface area (Å²) in [5, 5.41) is 3.44. The van der Waals surface area contributed by atoms with Crippen molar-refractivity contribution >= 4 is 54.9 Å². The second kappa shape index (κ2) is 7.35. The van der Waals surface area contributed by atoms with E-state index in [1.54, 1.807) is 11.3 Å². The van der Waals surface area contributed by atoms with Crippen LogP contribution in [0.4, 0.5) is 5.82 Å². The third-order valence-electron chi connectivity index (χ3n) is 4.17. The highest BCUT2D eigenvalue weighted by molar-refractivity contribution is 9.10. The molecule has 0 atom stereocenters. The van der Waals surface area contributed by atoms with Crippen molar-refractivity contribution in [3.8, 4) is 11.1 Å². The fourth-order valence-electron chi connectivity index (χ4n) is 2.95. The van der Waals surface area contributed by atoms with Crippen LogP contribution in [-0.2, 0) is 6.54 Å². The first kappa shape index (κ1) is 17.5. The average molecular weight is 445 g/mol. The maximum Gasteiger partial charge on any atom is 0.225 e. The van der Waals surface area contributed by atoms with Crippen LogP contribution in [0.3, 0.4) is 0 Å². The first-order valence-electron chi connectivity index (χ1n) is 8.07. The Morgan fingerprint density at radius 3 is 2.50 bits per heavy atom. The second-order valence-electron chi connectivity index (χ2n) is 5.99. The smallest absolute Gasteiger partial charge is 0.225 e. The lowest BCUT2D eigenvalue weighted by Gasteiger charge is -2.20. The lowest BCUT2D eigenvalue weighted by atomic mass is 10.1. The van der Waals surface area contributed by atoms with Gasteiger partial charge in [-0.15, -0.1) is 11.3 Å². The van der Waals surface area contributed by atoms with E-state index < -0.39 is 0 Å². The molecule has 6 heteroatoms. The van der Waals surface area contributed by atoms with Gasteiger partial charge in [0.2, 0.25) is 5.28 Å². The van der Waals surface area contributed by atoms with Crippen molar-refractivity contribution in [3.63, 3.8) is 0 Å². The van der Waals surface area contributed by atoms with Crippen LogP contribution < -0.4 is 4.90 Å². The molecule has 0 saturated heterocycles. The standard InChI is InChI=1S/C20H15BrClN3S/c1-25(11-13-5-3-2-4-6-13)18-17-16(14-7-9-15(21)10-8-14)12-26-19(17)24-20(22)23-18/h2-10,12H,11H2,1H3. The van der Waals surface area contributed by atoms with Gasteiger partial charge >= 0.3 is 0 Å². The highest BCUT2D eigenvalue weighted by atomic mass is 79.9. The Morgan fingerprint density at radius 1 is 1.04 bits per heavy atom. The summed E-state index contributed by atoms with van der Waals surface area (Å²) in [6.07, 6.45) is 0. The minimum Gasteiger partial charge on any atom is -0.355 e. The van der Waals surface area contributed by atoms with Crippen LogP contribution in [0.25, 0.3) is 21.3 Å². The summed E-state index contributed by atoms with van der Waals surface area (Å²) in [5.74, 6) is 0.850. The van der Waals surface area contributed by atoms with Gasteiger partial charge in [-0.05, 0) is 34.9 Å². The molecule has 0 aliphatic carbocycles. The second-order valence-corrected chi connectivity index (χ2v) is 8.11. The van der Waals surface area contributed by atoms with Gasteiger partial charge in [-0.25, -0.2) is 4.98 Å². The predicted molar refractivity (Wildman–Crippen MR) is 114 cm³/mol. The Hall–Kier alpha value is -1.95. The first-order chi connectivity index (χ1) is 12.6. The summed E-state index contributed by atoms with van der Waals surface area (Å²) >= 11 is 11.3. The van der Waals surface area contributed by atoms with Crippen LogP contribution in [0.2, 0.25) is 5.28 Å². The quantitative estimate of drug-likeness (QED) is 0.340. The van der Waals surface area contributed by atoms with Crippen molar-refractivity contribution in [2.24, 2.45) is 0 Å². The lowest BCUT2D eigenvalue weighted by molar-refractivity contribution is 0.901. The van der Waals surface area contributed by atoms with Gasteiger partial charge in [-0.2, -0.15) is 4.98 Å². The van der Waals surface area contributed by atoms with E-state index in [4.69, 9.17) is 11.6 Å². The summed E-state index contributed by atoms with van der Waals surface area (Å²) in [4.78, 5) is 12.0. The molecule has 0 amide bonds. The molecule has 0 spiro atoms. The number of hydrogen-bond donors (Lipinski definition) is 0. The molecule has 2 aromatic heterocycles. The Labute approximate surface area is 169 Å². The minimum atomic E-state index is 0.275. The van der Waals surface area contributed by atoms with Crippen LogP contribution in [-0.4, -0.2) is 17.0 Å². The molecule has 0 saturated carbocycles. The maximum atomic E-state index is 6.20. The maximum absolute atomic E-state index is 6.20. The Morgan fingerprint density at radius 2 is 1.77 bits per heavy atom. The molecule has 26 heavy (non-hydrogen) atoms. The van der Waals surface area contributed by atoms with E-state index in [2.05, 4.69) is 60.4 Å². The van der Waals surface area contributed by atoms with Gasteiger partial charge < -0.3 is 4.90 Å². The highest BCUT2D eigenvalue weighted by Gasteiger charge is 2.18. The normalized spacial score (nSPS) is 11.0. The summed E-state index contributed by atoms with van der Waals surface area (Å²) in [6.45, 7) is 0.749. The molecule has 3 nitrogen and oxygen atoms in total. The Bertz CT molecular complexity index is 1050. The summed E-state index contributed by atoms with van der Waals surface area (Å²) < 4.78 is 1.06. The van der Waals surface area contributed by atoms with Crippen molar-refractivity contribution in [2.75, 3.05) is 11.9 Å². The van der Waals surface area contributed by atoms with E-state index in [1.807, 2.05) is 37.4 Å². The molecular weight excluding hydrogens is 430 g/mol. The fourth-order valence-corrected chi connectivity index (χ4v) is 4.37. The summed E-state index contributed by atoms with van der Waals surface area (Å²) in [5.41, 5.74) is 3.49. The molecule has 4 aromatic rings. The fraction of sp³-hybridized carbons (Fsp3) is 0.100. The molecule has 4 rings (SSSR count). The third kappa shape index (κ3) is 3.47. The average Bonchev–Trinajstić information content (AvgIpc) is 3.06. The van der Waals surface area contributed by atoms with Gasteiger partial charge in [0.25, 0.3) is 0 Å². The molecular formula is C20H15BrClN3S. The van der Waals surface area contributed by atoms with Gasteiger partial charge in [-0.3, -0.25) is 0 Å². The number of anilines is 1. The van der Waals surface area contributed by atoms with Crippen molar-refractivity contribution in [2.45, 2.75) is 6.54 Å². The van der Waals surface area contributed by atoms with E-state index in [1.165, 1.54) is 5.56 Å². The summed E-state index contributed by atoms with van der Waals surface area (Å²) in [7, 11) is 2.04. The molecule has 0 radical (unpaired) electrons. The molecule has 0 aliphatic heterocycles. The van der Waals surface area contributed by atoms with Crippen LogP contribution in [0.5, 0.6) is 0 Å². The molecule has 0 fully saturated rings. The topological polar surface area (TPSA) is 29.0 Å². The number of thiophene rings is 1. The van der Waals surface area contributed by atoms with Crippen LogP contribution in [0, 0.1) is 0 Å². The van der Waals surface area contributed by atoms with Crippen molar-refractivity contribution in [1.29, 1.82) is 0 Å². The zero-order chi connectivity index (χ0) is 18.1. The van der Waals surface area contributed by atoms with Crippen LogP contribution in [0.15, 0.2) is 64.5 Å². The number of aromatic nitrogens is 2. The molecule has 0 N–H and O–H groups in total. The number of hydrogen-bond acceptors (Lipinski definition) is 4. The van der Waals surface area contributed by atoms with E-state index in [0.717, 1.165) is 38.2 Å². The highest BCUT2D eigenvalue weighted by Crippen LogP contribution is 2.39. The van der Waals surface area contributed by atoms with E-state index in [0.29, 0.717) is 0 Å². The third-order valence-corrected chi connectivity index (χ3v) is 5.74. The molecule has 130 valence electrons. The molecule has 2 aromatic carbocycles. The predicted octanol–water partition coefficient (Wildman–Crippen LogP) is 6.41. The largest absolute Gasteiger partial charge is 0.355 e. The van der Waals surface area contributed by atoms with Gasteiger partial charge in [0.05, 0.1) is 5.39 Å². The van der Waals surface area contributed by atoms with Crippen LogP contribution in [0.1, 0.15) is 5.56 Å². The lowest BCUT2D eigenvalue weighted by Crippen LogP contribution is -2.18. The van der Waals surface area contributed by atoms with Gasteiger partial charge in [0.1, 0.15) is 10.6 Å². The van der Waals surface area contributed by atoms with Crippen molar-refractivity contribution in [3.05, 3.63) is 75.3 Å². The van der Waals surface area contributed by atoms with Gasteiger partial charge in [0, 0.05) is 29.0 Å². The number of benzene rings is 2. The number of rotatable bonds is 4. The SMILES string of the molecule is CN(Cc1ccccc1)c1nc(Cl)nc2scc(-c3ccc(Br)cc3)c12. The molecule has 0 unspecified atom stereocenters. The zero-order valence-corrected chi connectivity index (χ0v) is 17.1. The minimum absolute atomic E-state index is 0.275. The van der Waals surface area contributed by atoms with Crippen molar-refractivity contribution in [1.82, 2.24) is 9.97 Å². The van der Waals surface area contributed by atoms with Crippen LogP contribution >= 0.6 is 38.9 Å².